The van der Waals surface area contributed by atoms with Crippen molar-refractivity contribution >= 4 is 5.97 Å². The molecule has 0 aliphatic carbocycles. The SMILES string of the molecule is C=C=C[C@H]1O[C@H](COC(C)=O)[C@@H](OCc2ccccc2)[C@H](OCc2ccccc2)[C@@H]1OCc1ccccc1. The number of carbonyl (C=O) groups is 1. The van der Waals surface area contributed by atoms with E-state index in [0.717, 1.165) is 16.7 Å². The molecule has 4 rings (SSSR count). The summed E-state index contributed by atoms with van der Waals surface area (Å²) in [6.07, 6.45) is -1.03. The largest absolute Gasteiger partial charge is 0.463 e. The summed E-state index contributed by atoms with van der Waals surface area (Å²) in [5.74, 6) is -0.393. The molecule has 0 aromatic heterocycles. The van der Waals surface area contributed by atoms with Crippen LogP contribution in [0.5, 0.6) is 0 Å². The highest BCUT2D eigenvalue weighted by Gasteiger charge is 2.48. The van der Waals surface area contributed by atoms with Crippen LogP contribution in [0, 0.1) is 0 Å². The fourth-order valence-corrected chi connectivity index (χ4v) is 4.41. The highest BCUT2D eigenvalue weighted by molar-refractivity contribution is 5.65. The Morgan fingerprint density at radius 3 is 1.66 bits per heavy atom. The zero-order chi connectivity index (χ0) is 26.6. The summed E-state index contributed by atoms with van der Waals surface area (Å²) in [6.45, 7) is 6.20. The van der Waals surface area contributed by atoms with Crippen LogP contribution in [-0.2, 0) is 48.3 Å². The van der Waals surface area contributed by atoms with Gasteiger partial charge in [0.2, 0.25) is 0 Å². The zero-order valence-corrected chi connectivity index (χ0v) is 21.6. The molecule has 0 radical (unpaired) electrons. The molecular formula is C32H34O6. The predicted octanol–water partition coefficient (Wildman–Crippen LogP) is 5.41. The van der Waals surface area contributed by atoms with Crippen LogP contribution in [0.1, 0.15) is 23.6 Å². The molecule has 3 aromatic carbocycles. The number of hydrogen-bond donors (Lipinski definition) is 0. The highest BCUT2D eigenvalue weighted by atomic mass is 16.6. The van der Waals surface area contributed by atoms with Gasteiger partial charge in [-0.3, -0.25) is 4.79 Å². The van der Waals surface area contributed by atoms with Gasteiger partial charge in [0, 0.05) is 6.92 Å². The molecule has 0 spiro atoms. The number of ether oxygens (including phenoxy) is 5. The lowest BCUT2D eigenvalue weighted by molar-refractivity contribution is -0.261. The van der Waals surface area contributed by atoms with Crippen LogP contribution >= 0.6 is 0 Å². The highest BCUT2D eigenvalue weighted by Crippen LogP contribution is 2.31. The lowest BCUT2D eigenvalue weighted by Crippen LogP contribution is -2.60. The van der Waals surface area contributed by atoms with Crippen molar-refractivity contribution in [3.63, 3.8) is 0 Å². The van der Waals surface area contributed by atoms with Crippen molar-refractivity contribution in [3.8, 4) is 0 Å². The van der Waals surface area contributed by atoms with Crippen LogP contribution in [0.15, 0.2) is 109 Å². The first-order chi connectivity index (χ1) is 18.6. The van der Waals surface area contributed by atoms with E-state index in [4.69, 9.17) is 23.7 Å². The molecule has 6 heteroatoms. The summed E-state index contributed by atoms with van der Waals surface area (Å²) in [4.78, 5) is 11.7. The van der Waals surface area contributed by atoms with Crippen molar-refractivity contribution in [3.05, 3.63) is 126 Å². The second-order valence-electron chi connectivity index (χ2n) is 9.10. The Morgan fingerprint density at radius 1 is 0.763 bits per heavy atom. The summed E-state index contributed by atoms with van der Waals surface area (Å²) in [7, 11) is 0. The van der Waals surface area contributed by atoms with Crippen LogP contribution in [0.3, 0.4) is 0 Å². The van der Waals surface area contributed by atoms with E-state index in [2.05, 4.69) is 12.3 Å². The van der Waals surface area contributed by atoms with E-state index in [1.807, 2.05) is 91.0 Å². The molecule has 1 heterocycles. The average molecular weight is 515 g/mol. The number of benzene rings is 3. The van der Waals surface area contributed by atoms with Crippen LogP contribution in [0.2, 0.25) is 0 Å². The van der Waals surface area contributed by atoms with Gasteiger partial charge < -0.3 is 23.7 Å². The van der Waals surface area contributed by atoms with Gasteiger partial charge in [0.05, 0.1) is 19.8 Å². The molecule has 0 N–H and O–H groups in total. The summed E-state index contributed by atoms with van der Waals surface area (Å²) in [5, 5.41) is 0. The second kappa shape index (κ2) is 14.4. The van der Waals surface area contributed by atoms with Gasteiger partial charge in [-0.15, -0.1) is 5.73 Å². The maximum absolute atomic E-state index is 11.7. The Kier molecular flexibility index (Phi) is 10.5. The standard InChI is InChI=1S/C32H34O6/c1-3-13-28-30(35-20-25-14-7-4-8-15-25)32(37-22-27-18-11-6-12-19-27)31(29(38-28)23-34-24(2)33)36-21-26-16-9-5-10-17-26/h4-19,28-32H,1,20-23H2,2H3/t28-,29-,30-,31-,32-/m1/s1. The third-order valence-corrected chi connectivity index (χ3v) is 6.26. The topological polar surface area (TPSA) is 63.2 Å². The number of rotatable bonds is 12. The lowest BCUT2D eigenvalue weighted by atomic mass is 9.93. The number of esters is 1. The van der Waals surface area contributed by atoms with Crippen molar-refractivity contribution in [1.82, 2.24) is 0 Å². The molecule has 1 fully saturated rings. The molecule has 1 saturated heterocycles. The second-order valence-corrected chi connectivity index (χ2v) is 9.10. The van der Waals surface area contributed by atoms with E-state index in [1.165, 1.54) is 6.92 Å². The van der Waals surface area contributed by atoms with Crippen molar-refractivity contribution < 1.29 is 28.5 Å². The smallest absolute Gasteiger partial charge is 0.302 e. The summed E-state index contributed by atoms with van der Waals surface area (Å²) >= 11 is 0. The van der Waals surface area contributed by atoms with Crippen molar-refractivity contribution in [2.75, 3.05) is 6.61 Å². The van der Waals surface area contributed by atoms with Crippen LogP contribution < -0.4 is 0 Å². The van der Waals surface area contributed by atoms with Crippen LogP contribution in [0.4, 0.5) is 0 Å². The third kappa shape index (κ3) is 7.99. The van der Waals surface area contributed by atoms with Gasteiger partial charge in [0.1, 0.15) is 37.1 Å². The first-order valence-corrected chi connectivity index (χ1v) is 12.8. The Labute approximate surface area is 224 Å². The third-order valence-electron chi connectivity index (χ3n) is 6.26. The van der Waals surface area contributed by atoms with E-state index in [9.17, 15) is 4.79 Å². The molecule has 5 atom stereocenters. The number of hydrogen-bond acceptors (Lipinski definition) is 6. The van der Waals surface area contributed by atoms with E-state index in [0.29, 0.717) is 19.8 Å². The molecule has 38 heavy (non-hydrogen) atoms. The molecular weight excluding hydrogens is 480 g/mol. The Balaban J connectivity index is 1.63. The zero-order valence-electron chi connectivity index (χ0n) is 21.6. The maximum Gasteiger partial charge on any atom is 0.302 e. The Bertz CT molecular complexity index is 1160. The molecule has 0 bridgehead atoms. The quantitative estimate of drug-likeness (QED) is 0.238. The molecule has 0 amide bonds. The van der Waals surface area contributed by atoms with Gasteiger partial charge in [0.25, 0.3) is 0 Å². The van der Waals surface area contributed by atoms with E-state index in [-0.39, 0.29) is 6.61 Å². The summed E-state index contributed by atoms with van der Waals surface area (Å²) in [5.41, 5.74) is 5.89. The van der Waals surface area contributed by atoms with Crippen LogP contribution in [-0.4, -0.2) is 43.1 Å². The fourth-order valence-electron chi connectivity index (χ4n) is 4.41. The minimum Gasteiger partial charge on any atom is -0.463 e. The normalized spacial score (nSPS) is 22.8. The molecule has 198 valence electrons. The van der Waals surface area contributed by atoms with E-state index < -0.39 is 36.5 Å². The maximum atomic E-state index is 11.7. The van der Waals surface area contributed by atoms with Crippen molar-refractivity contribution in [2.45, 2.75) is 57.3 Å². The van der Waals surface area contributed by atoms with Crippen molar-refractivity contribution in [1.29, 1.82) is 0 Å². The number of carbonyl (C=O) groups excluding carboxylic acids is 1. The van der Waals surface area contributed by atoms with Gasteiger partial charge in [0.15, 0.2) is 0 Å². The van der Waals surface area contributed by atoms with Gasteiger partial charge in [-0.2, -0.15) is 0 Å². The molecule has 1 aliphatic rings. The first-order valence-electron chi connectivity index (χ1n) is 12.8. The molecule has 0 unspecified atom stereocenters. The molecule has 1 aliphatic heterocycles. The van der Waals surface area contributed by atoms with E-state index >= 15 is 0 Å². The van der Waals surface area contributed by atoms with Crippen LogP contribution in [0.25, 0.3) is 0 Å². The minimum absolute atomic E-state index is 0.0207. The van der Waals surface area contributed by atoms with Gasteiger partial charge in [-0.25, -0.2) is 0 Å². The summed E-state index contributed by atoms with van der Waals surface area (Å²) < 4.78 is 31.2. The van der Waals surface area contributed by atoms with Gasteiger partial charge in [-0.1, -0.05) is 97.6 Å². The minimum atomic E-state index is -0.588. The van der Waals surface area contributed by atoms with E-state index in [1.54, 1.807) is 6.08 Å². The monoisotopic (exact) mass is 514 g/mol. The summed E-state index contributed by atoms with van der Waals surface area (Å²) in [6, 6.07) is 29.8. The predicted molar refractivity (Wildman–Crippen MR) is 144 cm³/mol. The Morgan fingerprint density at radius 2 is 1.21 bits per heavy atom. The van der Waals surface area contributed by atoms with Gasteiger partial charge >= 0.3 is 5.97 Å². The van der Waals surface area contributed by atoms with Crippen molar-refractivity contribution in [2.24, 2.45) is 0 Å². The first kappa shape index (κ1) is 27.5. The molecule has 6 nitrogen and oxygen atoms in total. The van der Waals surface area contributed by atoms with Gasteiger partial charge in [-0.05, 0) is 22.8 Å². The average Bonchev–Trinajstić information content (AvgIpc) is 2.95. The molecule has 3 aromatic rings. The molecule has 0 saturated carbocycles. The fraction of sp³-hybridized carbons (Fsp3) is 0.312. The lowest BCUT2D eigenvalue weighted by Gasteiger charge is -2.45. The Hall–Kier alpha value is -3.51.